The smallest absolute Gasteiger partial charge is 0.307 e. The number of pyridine rings is 1. The van der Waals surface area contributed by atoms with Gasteiger partial charge >= 0.3 is 5.97 Å². The number of amides is 1. The van der Waals surface area contributed by atoms with Crippen LogP contribution in [0.25, 0.3) is 0 Å². The summed E-state index contributed by atoms with van der Waals surface area (Å²) in [6.45, 7) is 8.24. The molecule has 202 valence electrons. The van der Waals surface area contributed by atoms with E-state index in [1.165, 1.54) is 12.8 Å². The molecule has 1 aromatic rings. The standard InChI is InChI=1S/C29H41N3O5/c1-15(2)6-7-37-27-20(4-5-23(31-27)32-13-21-22(14-32)25(21)28(34)35)26(33)30-16(3)24-18-8-17-9-19(24)12-29(36,10-17)11-18/h4-5,15-19,21-22,24-25,36H,6-14H2,1-3H3,(H,30,33)(H,34,35)/t16?,17?,18?,19?,21-,22+,24?,25?,29?. The highest BCUT2D eigenvalue weighted by atomic mass is 16.5. The molecule has 7 rings (SSSR count). The van der Waals surface area contributed by atoms with E-state index in [1.807, 2.05) is 12.1 Å². The number of anilines is 1. The summed E-state index contributed by atoms with van der Waals surface area (Å²) >= 11 is 0. The van der Waals surface area contributed by atoms with Crippen molar-refractivity contribution in [2.24, 2.45) is 47.3 Å². The fourth-order valence-electron chi connectivity index (χ4n) is 8.58. The summed E-state index contributed by atoms with van der Waals surface area (Å²) < 4.78 is 6.08. The molecule has 8 nitrogen and oxygen atoms in total. The number of ether oxygens (including phenoxy) is 1. The fourth-order valence-corrected chi connectivity index (χ4v) is 8.58. The number of hydrogen-bond acceptors (Lipinski definition) is 6. The van der Waals surface area contributed by atoms with Crippen LogP contribution >= 0.6 is 0 Å². The van der Waals surface area contributed by atoms with E-state index in [-0.39, 0.29) is 29.7 Å². The highest BCUT2D eigenvalue weighted by Crippen LogP contribution is 2.59. The Bertz CT molecular complexity index is 1050. The molecule has 6 fully saturated rings. The van der Waals surface area contributed by atoms with Crippen molar-refractivity contribution >= 4 is 17.7 Å². The minimum atomic E-state index is -0.699. The van der Waals surface area contributed by atoms with E-state index in [1.54, 1.807) is 0 Å². The minimum absolute atomic E-state index is 0.0212. The van der Waals surface area contributed by atoms with E-state index < -0.39 is 11.6 Å². The van der Waals surface area contributed by atoms with Crippen LogP contribution in [0.5, 0.6) is 5.88 Å². The molecule has 8 heteroatoms. The second kappa shape index (κ2) is 9.14. The lowest BCUT2D eigenvalue weighted by atomic mass is 9.49. The molecule has 6 aliphatic rings. The first-order valence-corrected chi connectivity index (χ1v) is 14.3. The Kier molecular flexibility index (Phi) is 6.16. The van der Waals surface area contributed by atoms with Crippen LogP contribution in [-0.4, -0.2) is 58.4 Å². The molecule has 3 N–H and O–H groups in total. The Morgan fingerprint density at radius 1 is 1.14 bits per heavy atom. The number of aromatic nitrogens is 1. The lowest BCUT2D eigenvalue weighted by molar-refractivity contribution is -0.156. The number of carbonyl (C=O) groups is 2. The van der Waals surface area contributed by atoms with Gasteiger partial charge in [-0.1, -0.05) is 13.8 Å². The number of carboxylic acid groups (broad SMARTS) is 1. The molecule has 6 atom stereocenters. The van der Waals surface area contributed by atoms with Gasteiger partial charge in [-0.05, 0) is 99.0 Å². The zero-order chi connectivity index (χ0) is 26.1. The molecule has 1 aliphatic heterocycles. The number of hydrogen-bond donors (Lipinski definition) is 3. The second-order valence-electron chi connectivity index (χ2n) is 13.2. The van der Waals surface area contributed by atoms with Gasteiger partial charge in [-0.2, -0.15) is 4.98 Å². The maximum absolute atomic E-state index is 13.5. The van der Waals surface area contributed by atoms with Crippen molar-refractivity contribution in [1.82, 2.24) is 10.3 Å². The summed E-state index contributed by atoms with van der Waals surface area (Å²) in [4.78, 5) is 31.8. The van der Waals surface area contributed by atoms with E-state index in [2.05, 4.69) is 31.0 Å². The molecule has 2 heterocycles. The average Bonchev–Trinajstić information content (AvgIpc) is 3.32. The summed E-state index contributed by atoms with van der Waals surface area (Å²) in [7, 11) is 0. The number of aliphatic hydroxyl groups is 1. The van der Waals surface area contributed by atoms with Gasteiger partial charge in [0, 0.05) is 19.1 Å². The Morgan fingerprint density at radius 2 is 1.81 bits per heavy atom. The maximum atomic E-state index is 13.5. The third-order valence-electron chi connectivity index (χ3n) is 10.1. The molecule has 0 spiro atoms. The summed E-state index contributed by atoms with van der Waals surface area (Å²) in [6, 6.07) is 3.70. The van der Waals surface area contributed by atoms with Gasteiger partial charge in [0.25, 0.3) is 5.91 Å². The number of rotatable bonds is 9. The molecule has 1 aromatic heterocycles. The van der Waals surface area contributed by atoms with Crippen molar-refractivity contribution in [3.8, 4) is 5.88 Å². The van der Waals surface area contributed by atoms with Crippen LogP contribution in [0.2, 0.25) is 0 Å². The summed E-state index contributed by atoms with van der Waals surface area (Å²) in [5.41, 5.74) is -0.0243. The lowest BCUT2D eigenvalue weighted by Gasteiger charge is -2.59. The Labute approximate surface area is 219 Å². The van der Waals surface area contributed by atoms with Crippen molar-refractivity contribution in [2.45, 2.75) is 70.9 Å². The largest absolute Gasteiger partial charge is 0.481 e. The Morgan fingerprint density at radius 3 is 2.41 bits per heavy atom. The van der Waals surface area contributed by atoms with Crippen LogP contribution in [0.3, 0.4) is 0 Å². The quantitative estimate of drug-likeness (QED) is 0.465. The first-order chi connectivity index (χ1) is 17.6. The molecular weight excluding hydrogens is 470 g/mol. The van der Waals surface area contributed by atoms with Crippen LogP contribution in [0.1, 0.15) is 69.7 Å². The summed E-state index contributed by atoms with van der Waals surface area (Å²) in [5.74, 6) is 2.87. The van der Waals surface area contributed by atoms with Crippen LogP contribution in [-0.2, 0) is 4.79 Å². The molecule has 4 unspecified atom stereocenters. The number of piperidine rings is 1. The highest BCUT2D eigenvalue weighted by Gasteiger charge is 2.60. The first kappa shape index (κ1) is 25.0. The molecule has 37 heavy (non-hydrogen) atoms. The van der Waals surface area contributed by atoms with E-state index in [9.17, 15) is 19.8 Å². The van der Waals surface area contributed by atoms with Crippen LogP contribution in [0.4, 0.5) is 5.82 Å². The Balaban J connectivity index is 1.16. The van der Waals surface area contributed by atoms with Gasteiger partial charge in [0.1, 0.15) is 11.4 Å². The van der Waals surface area contributed by atoms with E-state index in [0.717, 1.165) is 31.5 Å². The van der Waals surface area contributed by atoms with Gasteiger partial charge in [0.05, 0.1) is 18.1 Å². The monoisotopic (exact) mass is 511 g/mol. The zero-order valence-electron chi connectivity index (χ0n) is 22.2. The number of carboxylic acids is 1. The van der Waals surface area contributed by atoms with Crippen molar-refractivity contribution in [1.29, 1.82) is 0 Å². The van der Waals surface area contributed by atoms with Gasteiger partial charge in [-0.25, -0.2) is 0 Å². The van der Waals surface area contributed by atoms with Gasteiger partial charge in [-0.3, -0.25) is 9.59 Å². The molecule has 0 radical (unpaired) electrons. The van der Waals surface area contributed by atoms with Crippen molar-refractivity contribution in [2.75, 3.05) is 24.6 Å². The van der Waals surface area contributed by atoms with Crippen LogP contribution < -0.4 is 15.0 Å². The highest BCUT2D eigenvalue weighted by molar-refractivity contribution is 5.96. The molecular formula is C29H41N3O5. The molecule has 0 aromatic carbocycles. The van der Waals surface area contributed by atoms with E-state index >= 15 is 0 Å². The zero-order valence-corrected chi connectivity index (χ0v) is 22.2. The lowest BCUT2D eigenvalue weighted by Crippen LogP contribution is -2.59. The number of nitrogens with one attached hydrogen (secondary N) is 1. The summed E-state index contributed by atoms with van der Waals surface area (Å²) in [5, 5.41) is 23.6. The number of fused-ring (bicyclic) bond motifs is 1. The minimum Gasteiger partial charge on any atom is -0.481 e. The van der Waals surface area contributed by atoms with E-state index in [4.69, 9.17) is 9.72 Å². The maximum Gasteiger partial charge on any atom is 0.307 e. The predicted molar refractivity (Wildman–Crippen MR) is 138 cm³/mol. The normalized spacial score (nSPS) is 38.0. The predicted octanol–water partition coefficient (Wildman–Crippen LogP) is 3.58. The Hall–Kier alpha value is -2.35. The van der Waals surface area contributed by atoms with Gasteiger partial charge < -0.3 is 25.2 Å². The van der Waals surface area contributed by atoms with Crippen LogP contribution in [0, 0.1) is 47.3 Å². The third-order valence-corrected chi connectivity index (χ3v) is 10.1. The molecule has 4 bridgehead atoms. The number of carbonyl (C=O) groups excluding carboxylic acids is 1. The molecule has 5 aliphatic carbocycles. The fraction of sp³-hybridized carbons (Fsp3) is 0.759. The SMILES string of the molecule is CC(C)CCOc1nc(N2C[C@@H]3C(C(=O)O)[C@@H]3C2)ccc1C(=O)NC(C)C1C2CC3CC1CC(O)(C3)C2. The van der Waals surface area contributed by atoms with Crippen molar-refractivity contribution in [3.05, 3.63) is 17.7 Å². The average molecular weight is 512 g/mol. The van der Waals surface area contributed by atoms with Crippen molar-refractivity contribution < 1.29 is 24.5 Å². The van der Waals surface area contributed by atoms with Gasteiger partial charge in [0.15, 0.2) is 0 Å². The summed E-state index contributed by atoms with van der Waals surface area (Å²) in [6.07, 6.45) is 5.90. The van der Waals surface area contributed by atoms with E-state index in [0.29, 0.717) is 60.7 Å². The topological polar surface area (TPSA) is 112 Å². The third kappa shape index (κ3) is 4.59. The molecule has 5 saturated carbocycles. The van der Waals surface area contributed by atoms with Crippen molar-refractivity contribution in [3.63, 3.8) is 0 Å². The molecule has 1 saturated heterocycles. The van der Waals surface area contributed by atoms with Gasteiger partial charge in [-0.15, -0.1) is 0 Å². The van der Waals surface area contributed by atoms with Crippen LogP contribution in [0.15, 0.2) is 12.1 Å². The molecule has 1 amide bonds. The number of aliphatic carboxylic acids is 1. The van der Waals surface area contributed by atoms with Gasteiger partial charge in [0.2, 0.25) is 5.88 Å². The first-order valence-electron chi connectivity index (χ1n) is 14.3. The second-order valence-corrected chi connectivity index (χ2v) is 13.2. The number of nitrogens with zero attached hydrogens (tertiary/aromatic N) is 2.